The van der Waals surface area contributed by atoms with Crippen molar-refractivity contribution in [2.75, 3.05) is 0 Å². The highest BCUT2D eigenvalue weighted by Crippen LogP contribution is 2.45. The Morgan fingerprint density at radius 2 is 1.19 bits per heavy atom. The highest BCUT2D eigenvalue weighted by Gasteiger charge is 2.28. The first-order valence-corrected chi connectivity index (χ1v) is 8.81. The quantitative estimate of drug-likeness (QED) is 0.251. The van der Waals surface area contributed by atoms with Crippen LogP contribution < -0.4 is 11.3 Å². The maximum absolute atomic E-state index is 12.7. The smallest absolute Gasteiger partial charge is 0.348 e. The first kappa shape index (κ1) is 18.4. The van der Waals surface area contributed by atoms with Crippen LogP contribution >= 0.6 is 0 Å². The SMILES string of the molecule is Cc1oc2c(c1-c1c(O)c3c(O)cc(O)cc3oc1=O)c(=O)oc1cc(O)cc(O)c12. The summed E-state index contributed by atoms with van der Waals surface area (Å²) in [5.41, 5.74) is -3.24. The van der Waals surface area contributed by atoms with Gasteiger partial charge in [0.25, 0.3) is 0 Å². The van der Waals surface area contributed by atoms with Crippen LogP contribution in [-0.2, 0) is 0 Å². The van der Waals surface area contributed by atoms with Crippen LogP contribution in [0.4, 0.5) is 0 Å². The van der Waals surface area contributed by atoms with Crippen molar-refractivity contribution >= 4 is 32.9 Å². The van der Waals surface area contributed by atoms with E-state index in [1.807, 2.05) is 0 Å². The molecular formula is C21H12O10. The van der Waals surface area contributed by atoms with Gasteiger partial charge in [-0.05, 0) is 6.92 Å². The summed E-state index contributed by atoms with van der Waals surface area (Å²) in [7, 11) is 0. The van der Waals surface area contributed by atoms with Gasteiger partial charge in [-0.15, -0.1) is 0 Å². The summed E-state index contributed by atoms with van der Waals surface area (Å²) in [6.45, 7) is 1.41. The number of phenolic OH excluding ortho intramolecular Hbond substituents is 4. The molecule has 0 aliphatic carbocycles. The summed E-state index contributed by atoms with van der Waals surface area (Å²) in [6.07, 6.45) is 0. The molecule has 0 atom stereocenters. The number of aromatic hydroxyl groups is 5. The van der Waals surface area contributed by atoms with Crippen LogP contribution in [0.25, 0.3) is 44.0 Å². The molecule has 0 radical (unpaired) electrons. The van der Waals surface area contributed by atoms with E-state index in [0.29, 0.717) is 0 Å². The summed E-state index contributed by atoms with van der Waals surface area (Å²) >= 11 is 0. The maximum Gasteiger partial charge on any atom is 0.348 e. The fourth-order valence-electron chi connectivity index (χ4n) is 3.76. The van der Waals surface area contributed by atoms with E-state index in [1.54, 1.807) is 0 Å². The first-order valence-electron chi connectivity index (χ1n) is 8.81. The molecule has 0 unspecified atom stereocenters. The van der Waals surface area contributed by atoms with Crippen LogP contribution in [0.1, 0.15) is 5.76 Å². The average molecular weight is 424 g/mol. The van der Waals surface area contributed by atoms with Crippen molar-refractivity contribution in [3.63, 3.8) is 0 Å². The number of fused-ring (bicyclic) bond motifs is 4. The largest absolute Gasteiger partial charge is 0.508 e. The number of hydrogen-bond donors (Lipinski definition) is 5. The van der Waals surface area contributed by atoms with Crippen molar-refractivity contribution in [3.8, 4) is 39.9 Å². The van der Waals surface area contributed by atoms with Crippen LogP contribution in [0.15, 0.2) is 47.1 Å². The van der Waals surface area contributed by atoms with Gasteiger partial charge in [-0.2, -0.15) is 0 Å². The molecule has 5 aromatic rings. The van der Waals surface area contributed by atoms with Crippen molar-refractivity contribution in [1.29, 1.82) is 0 Å². The van der Waals surface area contributed by atoms with Gasteiger partial charge < -0.3 is 38.8 Å². The zero-order chi connectivity index (χ0) is 22.2. The van der Waals surface area contributed by atoms with Gasteiger partial charge in [-0.25, -0.2) is 9.59 Å². The Bertz CT molecular complexity index is 1680. The van der Waals surface area contributed by atoms with Crippen molar-refractivity contribution < 1.29 is 38.8 Å². The lowest BCUT2D eigenvalue weighted by Gasteiger charge is -2.08. The fourth-order valence-corrected chi connectivity index (χ4v) is 3.76. The third-order valence-electron chi connectivity index (χ3n) is 4.98. The van der Waals surface area contributed by atoms with Gasteiger partial charge in [-0.1, -0.05) is 0 Å². The molecule has 0 saturated carbocycles. The van der Waals surface area contributed by atoms with Crippen LogP contribution in [0.5, 0.6) is 28.7 Å². The van der Waals surface area contributed by atoms with Crippen molar-refractivity contribution in [3.05, 3.63) is 50.9 Å². The zero-order valence-corrected chi connectivity index (χ0v) is 15.6. The van der Waals surface area contributed by atoms with E-state index in [4.69, 9.17) is 13.3 Å². The van der Waals surface area contributed by atoms with Crippen LogP contribution in [0.3, 0.4) is 0 Å². The Balaban J connectivity index is 1.99. The minimum Gasteiger partial charge on any atom is -0.508 e. The summed E-state index contributed by atoms with van der Waals surface area (Å²) in [5, 5.41) is 49.9. The molecule has 10 heteroatoms. The third kappa shape index (κ3) is 2.45. The molecular weight excluding hydrogens is 412 g/mol. The zero-order valence-electron chi connectivity index (χ0n) is 15.6. The number of furan rings is 1. The average Bonchev–Trinajstić information content (AvgIpc) is 2.97. The molecule has 31 heavy (non-hydrogen) atoms. The number of phenols is 4. The lowest BCUT2D eigenvalue weighted by Crippen LogP contribution is -2.07. The van der Waals surface area contributed by atoms with Gasteiger partial charge in [0, 0.05) is 29.8 Å². The predicted molar refractivity (Wildman–Crippen MR) is 107 cm³/mol. The van der Waals surface area contributed by atoms with Gasteiger partial charge in [0.1, 0.15) is 67.4 Å². The van der Waals surface area contributed by atoms with Crippen molar-refractivity contribution in [1.82, 2.24) is 0 Å². The molecule has 0 aliphatic heterocycles. The standard InChI is InChI=1S/C21H12O10/c1-6-13(16-18(26)14-9(24)2-7(22)4-11(14)30-20(16)27)17-19(29-6)15-10(25)3-8(23)5-12(15)31-21(17)28/h2-5,22-26H,1H3. The Hall–Kier alpha value is -4.60. The molecule has 5 rings (SSSR count). The topological polar surface area (TPSA) is 175 Å². The number of benzene rings is 2. The molecule has 0 amide bonds. The van der Waals surface area contributed by atoms with Crippen LogP contribution in [0, 0.1) is 6.92 Å². The normalized spacial score (nSPS) is 11.6. The monoisotopic (exact) mass is 424 g/mol. The highest BCUT2D eigenvalue weighted by atomic mass is 16.4. The van der Waals surface area contributed by atoms with E-state index in [2.05, 4.69) is 0 Å². The molecule has 5 N–H and O–H groups in total. The van der Waals surface area contributed by atoms with Crippen molar-refractivity contribution in [2.45, 2.75) is 6.92 Å². The van der Waals surface area contributed by atoms with Crippen LogP contribution in [-0.4, -0.2) is 25.5 Å². The third-order valence-corrected chi connectivity index (χ3v) is 4.98. The van der Waals surface area contributed by atoms with E-state index < -0.39 is 39.8 Å². The minimum absolute atomic E-state index is 0.0162. The van der Waals surface area contributed by atoms with E-state index in [-0.39, 0.29) is 50.0 Å². The van der Waals surface area contributed by atoms with Gasteiger partial charge >= 0.3 is 11.3 Å². The Morgan fingerprint density at radius 3 is 1.84 bits per heavy atom. The van der Waals surface area contributed by atoms with E-state index in [0.717, 1.165) is 24.3 Å². The number of rotatable bonds is 1. The van der Waals surface area contributed by atoms with E-state index in [9.17, 15) is 35.1 Å². The van der Waals surface area contributed by atoms with E-state index in [1.165, 1.54) is 6.92 Å². The number of aryl methyl sites for hydroxylation is 1. The minimum atomic E-state index is -1.07. The molecule has 156 valence electrons. The summed E-state index contributed by atoms with van der Waals surface area (Å²) < 4.78 is 16.0. The summed E-state index contributed by atoms with van der Waals surface area (Å²) in [4.78, 5) is 25.4. The highest BCUT2D eigenvalue weighted by molar-refractivity contribution is 6.11. The first-order chi connectivity index (χ1) is 14.7. The molecule has 3 aromatic heterocycles. The molecule has 0 fully saturated rings. The predicted octanol–water partition coefficient (Wildman–Crippen LogP) is 3.15. The van der Waals surface area contributed by atoms with Gasteiger partial charge in [-0.3, -0.25) is 0 Å². The molecule has 0 spiro atoms. The second-order valence-corrected chi connectivity index (χ2v) is 6.92. The van der Waals surface area contributed by atoms with Crippen LogP contribution in [0.2, 0.25) is 0 Å². The summed E-state index contributed by atoms with van der Waals surface area (Å²) in [5.74, 6) is -2.43. The number of hydrogen-bond acceptors (Lipinski definition) is 10. The van der Waals surface area contributed by atoms with Gasteiger partial charge in [0.15, 0.2) is 5.58 Å². The molecule has 10 nitrogen and oxygen atoms in total. The molecule has 0 bridgehead atoms. The Kier molecular flexibility index (Phi) is 3.54. The molecule has 0 aliphatic rings. The Labute approximate surface area is 170 Å². The van der Waals surface area contributed by atoms with Gasteiger partial charge in [0.2, 0.25) is 0 Å². The second-order valence-electron chi connectivity index (χ2n) is 6.92. The lowest BCUT2D eigenvalue weighted by atomic mass is 10.0. The summed E-state index contributed by atoms with van der Waals surface area (Å²) in [6, 6.07) is 4.11. The molecule has 3 heterocycles. The molecule has 2 aromatic carbocycles. The Morgan fingerprint density at radius 1 is 0.645 bits per heavy atom. The van der Waals surface area contributed by atoms with Gasteiger partial charge in [0.05, 0.1) is 0 Å². The second kappa shape index (κ2) is 5.95. The fraction of sp³-hybridized carbons (Fsp3) is 0.0476. The maximum atomic E-state index is 12.7. The molecule has 0 saturated heterocycles. The van der Waals surface area contributed by atoms with E-state index >= 15 is 0 Å². The van der Waals surface area contributed by atoms with Crippen molar-refractivity contribution in [2.24, 2.45) is 0 Å². The lowest BCUT2D eigenvalue weighted by molar-refractivity contribution is 0.441.